The van der Waals surface area contributed by atoms with E-state index < -0.39 is 11.9 Å². The Bertz CT molecular complexity index is 1730. The van der Waals surface area contributed by atoms with Crippen LogP contribution in [0.2, 0.25) is 5.02 Å². The molecular weight excluding hydrogens is 634 g/mol. The summed E-state index contributed by atoms with van der Waals surface area (Å²) in [6.45, 7) is 8.45. The zero-order valence-corrected chi connectivity index (χ0v) is 26.3. The van der Waals surface area contributed by atoms with Crippen molar-refractivity contribution < 1.29 is 19.1 Å². The summed E-state index contributed by atoms with van der Waals surface area (Å²) in [5, 5.41) is 16.7. The lowest BCUT2D eigenvalue weighted by Gasteiger charge is -2.16. The first kappa shape index (κ1) is 33.4. The predicted octanol–water partition coefficient (Wildman–Crippen LogP) is 5.80. The first-order valence-electron chi connectivity index (χ1n) is 13.6. The van der Waals surface area contributed by atoms with Gasteiger partial charge in [-0.1, -0.05) is 47.6 Å². The van der Waals surface area contributed by atoms with Crippen molar-refractivity contribution in [3.05, 3.63) is 81.6 Å². The average Bonchev–Trinajstić information content (AvgIpc) is 3.51. The molecule has 4 rings (SSSR count). The lowest BCUT2D eigenvalue weighted by atomic mass is 9.99. The largest absolute Gasteiger partial charge is 0.490 e. The van der Waals surface area contributed by atoms with Crippen molar-refractivity contribution in [1.82, 2.24) is 9.97 Å². The Kier molecular flexibility index (Phi) is 12.3. The van der Waals surface area contributed by atoms with Crippen LogP contribution in [0.3, 0.4) is 0 Å². The molecule has 0 aliphatic carbocycles. The van der Waals surface area contributed by atoms with E-state index in [4.69, 9.17) is 44.1 Å². The molecule has 0 atom stereocenters. The Hall–Kier alpha value is -4.50. The smallest absolute Gasteiger partial charge is 0.307 e. The lowest BCUT2D eigenvalue weighted by molar-refractivity contribution is -0.144. The summed E-state index contributed by atoms with van der Waals surface area (Å²) in [4.78, 5) is 36.9. The molecule has 230 valence electrons. The standard InChI is InChI=1S/C31H28ClN7O4S2/c1-36-28-27(19-4-8-23(9-5-19)42-14-15-43-26(41)11-13-34)24(16-35)31(39-29(28)38-25(40)10-12-33)45-18-22-17-44-30(37-22)20-2-6-21(32)7-3-20/h2-9,17H,10-15,18,33-34H2,(H,38,39,40). The number of nitrogens with zero attached hydrogens (tertiary/aromatic N) is 4. The van der Waals surface area contributed by atoms with Gasteiger partial charge in [-0.25, -0.2) is 14.8 Å². The molecule has 1 amide bonds. The summed E-state index contributed by atoms with van der Waals surface area (Å²) in [5.41, 5.74) is 13.7. The molecule has 2 aromatic carbocycles. The number of amides is 1. The zero-order chi connectivity index (χ0) is 32.2. The molecule has 0 unspecified atom stereocenters. The first-order valence-corrected chi connectivity index (χ1v) is 15.9. The number of aromatic nitrogens is 2. The number of carbonyl (C=O) groups is 2. The van der Waals surface area contributed by atoms with E-state index in [1.54, 1.807) is 36.4 Å². The van der Waals surface area contributed by atoms with Crippen LogP contribution in [0.1, 0.15) is 24.1 Å². The highest BCUT2D eigenvalue weighted by Crippen LogP contribution is 2.43. The molecule has 5 N–H and O–H groups in total. The fourth-order valence-corrected chi connectivity index (χ4v) is 5.97. The quantitative estimate of drug-likeness (QED) is 0.0649. The molecule has 0 aliphatic rings. The van der Waals surface area contributed by atoms with Crippen LogP contribution < -0.4 is 21.5 Å². The van der Waals surface area contributed by atoms with E-state index in [0.717, 1.165) is 16.3 Å². The van der Waals surface area contributed by atoms with Gasteiger partial charge in [0.1, 0.15) is 40.9 Å². The number of nitriles is 1. The summed E-state index contributed by atoms with van der Waals surface area (Å²) < 4.78 is 10.7. The lowest BCUT2D eigenvalue weighted by Crippen LogP contribution is -2.17. The fraction of sp³-hybridized carbons (Fsp3) is 0.226. The van der Waals surface area contributed by atoms with E-state index in [9.17, 15) is 14.9 Å². The third kappa shape index (κ3) is 9.01. The Morgan fingerprint density at radius 1 is 1.04 bits per heavy atom. The molecule has 4 aromatic rings. The molecule has 11 nitrogen and oxygen atoms in total. The summed E-state index contributed by atoms with van der Waals surface area (Å²) in [7, 11) is 0. The number of benzene rings is 2. The summed E-state index contributed by atoms with van der Waals surface area (Å²) >= 11 is 8.78. The molecule has 45 heavy (non-hydrogen) atoms. The normalized spacial score (nSPS) is 10.5. The summed E-state index contributed by atoms with van der Waals surface area (Å²) in [6, 6.07) is 16.4. The molecule has 0 radical (unpaired) electrons. The van der Waals surface area contributed by atoms with Crippen molar-refractivity contribution in [2.75, 3.05) is 31.6 Å². The maximum absolute atomic E-state index is 12.5. The van der Waals surface area contributed by atoms with E-state index >= 15 is 0 Å². The Morgan fingerprint density at radius 2 is 1.76 bits per heavy atom. The van der Waals surface area contributed by atoms with Gasteiger partial charge in [-0.2, -0.15) is 5.26 Å². The fourth-order valence-electron chi connectivity index (χ4n) is 4.03. The van der Waals surface area contributed by atoms with Crippen molar-refractivity contribution in [3.8, 4) is 33.5 Å². The van der Waals surface area contributed by atoms with E-state index in [0.29, 0.717) is 32.7 Å². The van der Waals surface area contributed by atoms with E-state index in [1.165, 1.54) is 23.1 Å². The van der Waals surface area contributed by atoms with Gasteiger partial charge in [-0.05, 0) is 29.8 Å². The second-order valence-electron chi connectivity index (χ2n) is 9.25. The minimum Gasteiger partial charge on any atom is -0.490 e. The topological polar surface area (TPSA) is 171 Å². The number of carbonyl (C=O) groups excluding carboxylic acids is 2. The van der Waals surface area contributed by atoms with Crippen LogP contribution >= 0.6 is 34.7 Å². The van der Waals surface area contributed by atoms with Gasteiger partial charge < -0.3 is 26.3 Å². The van der Waals surface area contributed by atoms with Crippen LogP contribution in [0.15, 0.2) is 58.9 Å². The molecule has 2 aromatic heterocycles. The predicted molar refractivity (Wildman–Crippen MR) is 175 cm³/mol. The molecule has 0 saturated heterocycles. The summed E-state index contributed by atoms with van der Waals surface area (Å²) in [6.07, 6.45) is 0.172. The second-order valence-corrected chi connectivity index (χ2v) is 11.5. The van der Waals surface area contributed by atoms with Gasteiger partial charge in [0.25, 0.3) is 0 Å². The number of pyridine rings is 1. The van der Waals surface area contributed by atoms with Gasteiger partial charge in [0.05, 0.1) is 24.3 Å². The molecule has 0 fully saturated rings. The molecule has 2 heterocycles. The highest BCUT2D eigenvalue weighted by molar-refractivity contribution is 7.98. The zero-order valence-electron chi connectivity index (χ0n) is 23.9. The van der Waals surface area contributed by atoms with Crippen LogP contribution in [0.25, 0.3) is 26.5 Å². The monoisotopic (exact) mass is 661 g/mol. The molecular formula is C31H28ClN7O4S2. The van der Waals surface area contributed by atoms with Crippen molar-refractivity contribution in [1.29, 1.82) is 5.26 Å². The van der Waals surface area contributed by atoms with Gasteiger partial charge in [0.15, 0.2) is 0 Å². The number of nitrogens with one attached hydrogen (secondary N) is 1. The number of nitrogens with two attached hydrogens (primary N) is 2. The average molecular weight is 662 g/mol. The number of hydrogen-bond acceptors (Lipinski definition) is 11. The van der Waals surface area contributed by atoms with Gasteiger partial charge in [0.2, 0.25) is 11.6 Å². The first-order chi connectivity index (χ1) is 21.9. The highest BCUT2D eigenvalue weighted by atomic mass is 35.5. The van der Waals surface area contributed by atoms with E-state index in [-0.39, 0.29) is 56.2 Å². The van der Waals surface area contributed by atoms with E-state index in [1.807, 2.05) is 17.5 Å². The third-order valence-corrected chi connectivity index (χ3v) is 8.30. The van der Waals surface area contributed by atoms with Crippen LogP contribution in [0.5, 0.6) is 5.75 Å². The number of anilines is 1. The van der Waals surface area contributed by atoms with Crippen molar-refractivity contribution in [3.63, 3.8) is 0 Å². The number of ether oxygens (including phenoxy) is 2. The Morgan fingerprint density at radius 3 is 2.42 bits per heavy atom. The molecule has 0 bridgehead atoms. The van der Waals surface area contributed by atoms with Gasteiger partial charge in [0, 0.05) is 46.8 Å². The van der Waals surface area contributed by atoms with Crippen LogP contribution in [0.4, 0.5) is 11.5 Å². The molecule has 0 spiro atoms. The number of esters is 1. The molecule has 0 saturated carbocycles. The van der Waals surface area contributed by atoms with Gasteiger partial charge in [-0.15, -0.1) is 11.3 Å². The van der Waals surface area contributed by atoms with Crippen LogP contribution in [0, 0.1) is 17.9 Å². The highest BCUT2D eigenvalue weighted by Gasteiger charge is 2.23. The number of thioether (sulfide) groups is 1. The van der Waals surface area contributed by atoms with Crippen LogP contribution in [-0.2, 0) is 20.1 Å². The maximum Gasteiger partial charge on any atom is 0.307 e. The van der Waals surface area contributed by atoms with E-state index in [2.05, 4.69) is 21.2 Å². The molecule has 14 heteroatoms. The number of hydrogen-bond donors (Lipinski definition) is 3. The minimum atomic E-state index is -0.399. The SMILES string of the molecule is [C-]#[N+]c1c(NC(=O)CCN)nc(SCc2csc(-c3ccc(Cl)cc3)n2)c(C#N)c1-c1ccc(OCCOC(=O)CCN)cc1. The van der Waals surface area contributed by atoms with Crippen LogP contribution in [-0.4, -0.2) is 48.1 Å². The number of halogens is 1. The third-order valence-electron chi connectivity index (χ3n) is 6.10. The van der Waals surface area contributed by atoms with Gasteiger partial charge >= 0.3 is 5.97 Å². The van der Waals surface area contributed by atoms with Crippen molar-refractivity contribution in [2.24, 2.45) is 11.5 Å². The van der Waals surface area contributed by atoms with Crippen molar-refractivity contribution >= 4 is 58.1 Å². The second kappa shape index (κ2) is 16.5. The summed E-state index contributed by atoms with van der Waals surface area (Å²) in [5.74, 6) is 0.131. The Labute approximate surface area is 273 Å². The molecule has 0 aliphatic heterocycles. The minimum absolute atomic E-state index is 0.0282. The number of thiazole rings is 1. The van der Waals surface area contributed by atoms with Gasteiger partial charge in [-0.3, -0.25) is 9.59 Å². The Balaban J connectivity index is 1.62. The maximum atomic E-state index is 12.5. The van der Waals surface area contributed by atoms with Crippen molar-refractivity contribution in [2.45, 2.75) is 23.6 Å². The number of rotatable bonds is 14.